The Balaban J connectivity index is 1.37. The van der Waals surface area contributed by atoms with E-state index in [1.807, 2.05) is 0 Å². The van der Waals surface area contributed by atoms with E-state index in [4.69, 9.17) is 10.2 Å². The molecule has 0 heterocycles. The first-order valence-corrected chi connectivity index (χ1v) is 16.7. The largest absolute Gasteiger partial charge is 0.474 e. The summed E-state index contributed by atoms with van der Waals surface area (Å²) in [6.45, 7) is 5.97. The van der Waals surface area contributed by atoms with Gasteiger partial charge in [-0.25, -0.2) is 9.59 Å². The molecule has 10 N–H and O–H groups in total. The highest BCUT2D eigenvalue weighted by atomic mass is 16.4. The lowest BCUT2D eigenvalue weighted by atomic mass is 10.1. The van der Waals surface area contributed by atoms with E-state index in [2.05, 4.69) is 42.5 Å². The van der Waals surface area contributed by atoms with Crippen LogP contribution in [0.1, 0.15) is 22.3 Å². The molecule has 0 unspecified atom stereocenters. The molecule has 20 heteroatoms. The minimum Gasteiger partial charge on any atom is -0.474 e. The third kappa shape index (κ3) is 10.4. The van der Waals surface area contributed by atoms with Crippen LogP contribution >= 0.6 is 0 Å². The highest BCUT2D eigenvalue weighted by Crippen LogP contribution is 2.27. The van der Waals surface area contributed by atoms with Gasteiger partial charge < -0.3 is 52.7 Å². The first kappa shape index (κ1) is 42.3. The van der Waals surface area contributed by atoms with E-state index in [9.17, 15) is 47.9 Å². The van der Waals surface area contributed by atoms with Crippen molar-refractivity contribution in [3.8, 4) is 0 Å². The summed E-state index contributed by atoms with van der Waals surface area (Å²) < 4.78 is 0. The van der Waals surface area contributed by atoms with Crippen LogP contribution in [0.5, 0.6) is 0 Å². The van der Waals surface area contributed by atoms with Gasteiger partial charge in [0.25, 0.3) is 0 Å². The molecule has 4 aromatic carbocycles. The zero-order chi connectivity index (χ0) is 42.8. The van der Waals surface area contributed by atoms with E-state index in [1.54, 1.807) is 0 Å². The Kier molecular flexibility index (Phi) is 13.3. The molecular weight excluding hydrogens is 760 g/mol. The van der Waals surface area contributed by atoms with Crippen LogP contribution in [0, 0.1) is 27.7 Å². The summed E-state index contributed by atoms with van der Waals surface area (Å²) in [4.78, 5) is 122. The van der Waals surface area contributed by atoms with Gasteiger partial charge in [0.05, 0.1) is 0 Å². The maximum atomic E-state index is 12.9. The van der Waals surface area contributed by atoms with Crippen molar-refractivity contribution in [1.29, 1.82) is 0 Å². The number of amides is 8. The number of hydrogen-bond donors (Lipinski definition) is 10. The lowest BCUT2D eigenvalue weighted by Crippen LogP contribution is -2.31. The van der Waals surface area contributed by atoms with Gasteiger partial charge in [0.15, 0.2) is 0 Å². The van der Waals surface area contributed by atoms with Gasteiger partial charge in [0.2, 0.25) is 0 Å². The quantitative estimate of drug-likeness (QED) is 0.115. The predicted molar refractivity (Wildman–Crippen MR) is 209 cm³/mol. The fourth-order valence-corrected chi connectivity index (χ4v) is 5.05. The lowest BCUT2D eigenvalue weighted by Gasteiger charge is -2.16. The molecule has 0 aliphatic carbocycles. The zero-order valence-corrected chi connectivity index (χ0v) is 30.9. The molecule has 0 saturated carbocycles. The van der Waals surface area contributed by atoms with Crippen LogP contribution in [0.3, 0.4) is 0 Å². The van der Waals surface area contributed by atoms with Crippen molar-refractivity contribution >= 4 is 105 Å². The summed E-state index contributed by atoms with van der Waals surface area (Å²) in [7, 11) is 0. The molecule has 0 spiro atoms. The maximum Gasteiger partial charge on any atom is 0.394 e. The van der Waals surface area contributed by atoms with Crippen molar-refractivity contribution in [2.24, 2.45) is 0 Å². The van der Waals surface area contributed by atoms with Crippen LogP contribution in [0.2, 0.25) is 0 Å². The molecule has 4 rings (SSSR count). The highest BCUT2D eigenvalue weighted by Gasteiger charge is 2.23. The fourth-order valence-electron chi connectivity index (χ4n) is 5.05. The average Bonchev–Trinajstić information content (AvgIpc) is 3.17. The van der Waals surface area contributed by atoms with Crippen molar-refractivity contribution in [2.75, 3.05) is 42.5 Å². The molecule has 0 radical (unpaired) electrons. The van der Waals surface area contributed by atoms with E-state index >= 15 is 0 Å². The first-order valence-electron chi connectivity index (χ1n) is 16.7. The number of carboxylic acids is 2. The number of anilines is 8. The Morgan fingerprint density at radius 3 is 0.569 bits per heavy atom. The van der Waals surface area contributed by atoms with Crippen LogP contribution in [0.25, 0.3) is 0 Å². The lowest BCUT2D eigenvalue weighted by molar-refractivity contribution is -0.147. The summed E-state index contributed by atoms with van der Waals surface area (Å²) in [6, 6.07) is 17.1. The second-order valence-corrected chi connectivity index (χ2v) is 12.2. The van der Waals surface area contributed by atoms with Gasteiger partial charge in [-0.2, -0.15) is 0 Å². The molecule has 0 bridgehead atoms. The Bertz CT molecular complexity index is 2260. The number of carboxylic acid groups (broad SMARTS) is 2. The minimum atomic E-state index is -1.72. The average molecular weight is 795 g/mol. The first-order chi connectivity index (χ1) is 27.4. The molecule has 0 saturated heterocycles. The van der Waals surface area contributed by atoms with E-state index in [0.717, 1.165) is 0 Å². The second-order valence-electron chi connectivity index (χ2n) is 12.2. The van der Waals surface area contributed by atoms with Crippen LogP contribution in [-0.2, 0) is 47.9 Å². The van der Waals surface area contributed by atoms with Crippen LogP contribution in [0.4, 0.5) is 45.5 Å². The summed E-state index contributed by atoms with van der Waals surface area (Å²) in [5.41, 5.74) is 1.91. The summed E-state index contributed by atoms with van der Waals surface area (Å²) in [5, 5.41) is 36.5. The van der Waals surface area contributed by atoms with E-state index in [1.165, 1.54) is 100 Å². The van der Waals surface area contributed by atoms with Gasteiger partial charge in [0.1, 0.15) is 0 Å². The van der Waals surface area contributed by atoms with E-state index in [-0.39, 0.29) is 67.8 Å². The molecule has 8 amide bonds. The normalized spacial score (nSPS) is 10.2. The predicted octanol–water partition coefficient (Wildman–Crippen LogP) is 2.70. The molecule has 0 fully saturated rings. The number of rotatable bonds is 8. The Morgan fingerprint density at radius 1 is 0.293 bits per heavy atom. The summed E-state index contributed by atoms with van der Waals surface area (Å²) in [5.74, 6) is -12.7. The number of carbonyl (C=O) groups is 10. The molecule has 0 aromatic heterocycles. The molecular formula is C38H34N8O12. The van der Waals surface area contributed by atoms with Crippen molar-refractivity contribution < 1.29 is 58.2 Å². The molecule has 4 aromatic rings. The maximum absolute atomic E-state index is 12.9. The van der Waals surface area contributed by atoms with Crippen molar-refractivity contribution in [2.45, 2.75) is 27.7 Å². The Labute approximate surface area is 327 Å². The van der Waals surface area contributed by atoms with Gasteiger partial charge in [-0.3, -0.25) is 38.4 Å². The summed E-state index contributed by atoms with van der Waals surface area (Å²) in [6.07, 6.45) is 0. The minimum absolute atomic E-state index is 0.0927. The van der Waals surface area contributed by atoms with E-state index < -0.39 is 59.2 Å². The van der Waals surface area contributed by atoms with Gasteiger partial charge in [0, 0.05) is 45.5 Å². The highest BCUT2D eigenvalue weighted by molar-refractivity contribution is 6.45. The van der Waals surface area contributed by atoms with Crippen LogP contribution in [0.15, 0.2) is 72.8 Å². The number of carbonyl (C=O) groups excluding carboxylic acids is 8. The van der Waals surface area contributed by atoms with Gasteiger partial charge in [-0.15, -0.1) is 0 Å². The number of benzene rings is 4. The standard InChI is InChI=1S/C38H34N8O12/c1-17-21(9-5-11-23(17)41-31(49)33(51)43-25-13-7-15-27(19(25)3)45-35(53)37(55)56)39-29(47)30(48)40-22-10-6-12-24(18(22)2)42-32(50)34(52)44-26-14-8-16-28(20(26)4)46-36(54)38(57)58/h5-16H,1-4H3,(H,39,47)(H,40,48)(H,41,49)(H,42,50)(H,43,51)(H,44,52)(H,45,53)(H,46,54)(H,55,56)(H,57,58). The SMILES string of the molecule is Cc1c(NC(=O)C(=O)O)cccc1NC(=O)C(=O)Nc1cccc(NC(=O)C(=O)Nc2cccc(NC(=O)C(=O)Nc3cccc(NC(=O)C(=O)O)c3C)c2C)c1C. The van der Waals surface area contributed by atoms with Gasteiger partial charge in [-0.1, -0.05) is 24.3 Å². The Hall–Kier alpha value is -8.42. The molecule has 0 aliphatic rings. The molecule has 58 heavy (non-hydrogen) atoms. The zero-order valence-electron chi connectivity index (χ0n) is 30.9. The number of hydrogen-bond acceptors (Lipinski definition) is 10. The molecule has 298 valence electrons. The van der Waals surface area contributed by atoms with Crippen LogP contribution in [-0.4, -0.2) is 69.4 Å². The van der Waals surface area contributed by atoms with Crippen molar-refractivity contribution in [3.05, 3.63) is 95.1 Å². The second kappa shape index (κ2) is 18.3. The Morgan fingerprint density at radius 2 is 0.431 bits per heavy atom. The van der Waals surface area contributed by atoms with Crippen LogP contribution < -0.4 is 42.5 Å². The van der Waals surface area contributed by atoms with E-state index in [0.29, 0.717) is 0 Å². The van der Waals surface area contributed by atoms with Crippen molar-refractivity contribution in [3.63, 3.8) is 0 Å². The number of nitrogens with one attached hydrogen (secondary N) is 8. The number of aliphatic carboxylic acids is 2. The third-order valence-electron chi connectivity index (χ3n) is 8.33. The van der Waals surface area contributed by atoms with Gasteiger partial charge in [-0.05, 0) is 98.5 Å². The van der Waals surface area contributed by atoms with Gasteiger partial charge >= 0.3 is 59.2 Å². The smallest absolute Gasteiger partial charge is 0.394 e. The fraction of sp³-hybridized carbons (Fsp3) is 0.105. The summed E-state index contributed by atoms with van der Waals surface area (Å²) >= 11 is 0. The molecule has 20 nitrogen and oxygen atoms in total. The topological polar surface area (TPSA) is 307 Å². The van der Waals surface area contributed by atoms with Crippen molar-refractivity contribution in [1.82, 2.24) is 0 Å². The molecule has 0 aliphatic heterocycles. The monoisotopic (exact) mass is 794 g/mol. The molecule has 0 atom stereocenters. The third-order valence-corrected chi connectivity index (χ3v) is 8.33.